The molecule has 1 saturated heterocycles. The maximum absolute atomic E-state index is 12.4. The van der Waals surface area contributed by atoms with Gasteiger partial charge >= 0.3 is 0 Å². The molecular formula is C26H30N2O4. The third-order valence-corrected chi connectivity index (χ3v) is 5.62. The Morgan fingerprint density at radius 3 is 2.44 bits per heavy atom. The van der Waals surface area contributed by atoms with Crippen molar-refractivity contribution in [3.8, 4) is 17.2 Å². The van der Waals surface area contributed by atoms with E-state index < -0.39 is 0 Å². The second kappa shape index (κ2) is 11.0. The highest BCUT2D eigenvalue weighted by atomic mass is 16.5. The van der Waals surface area contributed by atoms with Gasteiger partial charge in [0.2, 0.25) is 5.43 Å². The lowest BCUT2D eigenvalue weighted by molar-refractivity contribution is 0.0358. The van der Waals surface area contributed by atoms with Crippen LogP contribution >= 0.6 is 0 Å². The smallest absolute Gasteiger partial charge is 0.223 e. The van der Waals surface area contributed by atoms with Gasteiger partial charge in [0.25, 0.3) is 0 Å². The van der Waals surface area contributed by atoms with Gasteiger partial charge in [-0.2, -0.15) is 0 Å². The molecule has 2 heterocycles. The molecule has 6 nitrogen and oxygen atoms in total. The first-order valence-electron chi connectivity index (χ1n) is 11.1. The van der Waals surface area contributed by atoms with Gasteiger partial charge in [-0.1, -0.05) is 30.3 Å². The summed E-state index contributed by atoms with van der Waals surface area (Å²) in [4.78, 5) is 14.8. The molecule has 3 aromatic rings. The number of pyridine rings is 1. The number of rotatable bonds is 9. The van der Waals surface area contributed by atoms with Crippen molar-refractivity contribution in [1.82, 2.24) is 9.47 Å². The van der Waals surface area contributed by atoms with Crippen LogP contribution in [0.3, 0.4) is 0 Å². The summed E-state index contributed by atoms with van der Waals surface area (Å²) in [5, 5.41) is 0. The van der Waals surface area contributed by atoms with Crippen LogP contribution in [0.15, 0.2) is 71.7 Å². The molecule has 0 spiro atoms. The van der Waals surface area contributed by atoms with Crippen LogP contribution in [0, 0.1) is 6.92 Å². The van der Waals surface area contributed by atoms with Crippen molar-refractivity contribution < 1.29 is 14.2 Å². The van der Waals surface area contributed by atoms with E-state index >= 15 is 0 Å². The van der Waals surface area contributed by atoms with E-state index in [0.29, 0.717) is 19.0 Å². The lowest BCUT2D eigenvalue weighted by Crippen LogP contribution is -2.37. The highest BCUT2D eigenvalue weighted by molar-refractivity contribution is 5.42. The largest absolute Gasteiger partial charge is 0.494 e. The van der Waals surface area contributed by atoms with Crippen LogP contribution in [-0.2, 0) is 11.3 Å². The van der Waals surface area contributed by atoms with E-state index in [9.17, 15) is 4.79 Å². The minimum absolute atomic E-state index is 0.116. The Morgan fingerprint density at radius 2 is 1.69 bits per heavy atom. The quantitative estimate of drug-likeness (QED) is 0.479. The van der Waals surface area contributed by atoms with E-state index in [-0.39, 0.29) is 5.43 Å². The molecule has 6 heteroatoms. The minimum atomic E-state index is -0.116. The Morgan fingerprint density at radius 1 is 0.938 bits per heavy atom. The number of aromatic nitrogens is 1. The zero-order chi connectivity index (χ0) is 22.2. The summed E-state index contributed by atoms with van der Waals surface area (Å²) in [6.45, 7) is 7.64. The molecule has 168 valence electrons. The highest BCUT2D eigenvalue weighted by Crippen LogP contribution is 2.21. The average molecular weight is 435 g/mol. The van der Waals surface area contributed by atoms with Crippen LogP contribution in [0.2, 0.25) is 0 Å². The number of hydrogen-bond acceptors (Lipinski definition) is 5. The molecule has 0 unspecified atom stereocenters. The van der Waals surface area contributed by atoms with E-state index in [1.54, 1.807) is 12.3 Å². The number of hydrogen-bond donors (Lipinski definition) is 0. The Balaban J connectivity index is 1.36. The van der Waals surface area contributed by atoms with Crippen molar-refractivity contribution in [3.05, 3.63) is 88.3 Å². The van der Waals surface area contributed by atoms with Crippen LogP contribution in [-0.4, -0.2) is 48.9 Å². The van der Waals surface area contributed by atoms with Gasteiger partial charge in [0.15, 0.2) is 5.75 Å². The average Bonchev–Trinajstić information content (AvgIpc) is 2.84. The summed E-state index contributed by atoms with van der Waals surface area (Å²) in [5.41, 5.74) is 2.63. The number of benzene rings is 2. The first kappa shape index (κ1) is 22.1. The Labute approximate surface area is 189 Å². The van der Waals surface area contributed by atoms with E-state index in [0.717, 1.165) is 62.0 Å². The fourth-order valence-corrected chi connectivity index (χ4v) is 3.81. The predicted octanol–water partition coefficient (Wildman–Crippen LogP) is 3.83. The van der Waals surface area contributed by atoms with E-state index in [4.69, 9.17) is 14.2 Å². The van der Waals surface area contributed by atoms with Crippen LogP contribution < -0.4 is 14.9 Å². The second-order valence-corrected chi connectivity index (χ2v) is 7.89. The lowest BCUT2D eigenvalue weighted by Gasteiger charge is -2.26. The van der Waals surface area contributed by atoms with Gasteiger partial charge in [0.1, 0.15) is 12.4 Å². The van der Waals surface area contributed by atoms with Gasteiger partial charge in [0.05, 0.1) is 25.5 Å². The molecule has 1 aliphatic heterocycles. The SMILES string of the molecule is Cc1c(OCc2ccccc2)c(=O)ccn1-c1ccc(OCCCN2CCOCC2)cc1. The van der Waals surface area contributed by atoms with Gasteiger partial charge < -0.3 is 18.8 Å². The van der Waals surface area contributed by atoms with Crippen LogP contribution in [0.5, 0.6) is 11.5 Å². The Hall–Kier alpha value is -3.09. The van der Waals surface area contributed by atoms with Crippen LogP contribution in [0.1, 0.15) is 17.7 Å². The van der Waals surface area contributed by atoms with Gasteiger partial charge in [-0.25, -0.2) is 0 Å². The molecule has 32 heavy (non-hydrogen) atoms. The molecule has 1 aromatic heterocycles. The molecule has 2 aromatic carbocycles. The van der Waals surface area contributed by atoms with E-state index in [2.05, 4.69) is 4.90 Å². The minimum Gasteiger partial charge on any atom is -0.494 e. The Bertz CT molecular complexity index is 1040. The summed E-state index contributed by atoms with van der Waals surface area (Å²) in [7, 11) is 0. The third kappa shape index (κ3) is 5.78. The van der Waals surface area contributed by atoms with Crippen LogP contribution in [0.4, 0.5) is 0 Å². The molecule has 0 aliphatic carbocycles. The molecule has 0 amide bonds. The molecule has 1 fully saturated rings. The third-order valence-electron chi connectivity index (χ3n) is 5.62. The van der Waals surface area contributed by atoms with Crippen molar-refractivity contribution in [3.63, 3.8) is 0 Å². The molecule has 0 radical (unpaired) electrons. The summed E-state index contributed by atoms with van der Waals surface area (Å²) in [6.07, 6.45) is 2.77. The monoisotopic (exact) mass is 434 g/mol. The van der Waals surface area contributed by atoms with Crippen LogP contribution in [0.25, 0.3) is 5.69 Å². The Kier molecular flexibility index (Phi) is 7.59. The standard InChI is InChI=1S/C26H30N2O4/c1-21-26(32-20-22-6-3-2-4-7-22)25(29)12-14-28(21)23-8-10-24(11-9-23)31-17-5-13-27-15-18-30-19-16-27/h2-4,6-12,14H,5,13,15-20H2,1H3. The molecular weight excluding hydrogens is 404 g/mol. The van der Waals surface area contributed by atoms with Gasteiger partial charge in [0, 0.05) is 37.6 Å². The zero-order valence-electron chi connectivity index (χ0n) is 18.5. The van der Waals surface area contributed by atoms with Crippen molar-refractivity contribution in [2.45, 2.75) is 20.0 Å². The van der Waals surface area contributed by atoms with Gasteiger partial charge in [-0.05, 0) is 43.2 Å². The lowest BCUT2D eigenvalue weighted by atomic mass is 10.2. The normalized spacial score (nSPS) is 14.3. The second-order valence-electron chi connectivity index (χ2n) is 7.89. The maximum atomic E-state index is 12.4. The summed E-state index contributed by atoms with van der Waals surface area (Å²) in [5.74, 6) is 1.22. The predicted molar refractivity (Wildman–Crippen MR) is 125 cm³/mol. The van der Waals surface area contributed by atoms with Gasteiger partial charge in [-0.3, -0.25) is 9.69 Å². The van der Waals surface area contributed by atoms with Crippen molar-refractivity contribution >= 4 is 0 Å². The molecule has 4 rings (SSSR count). The maximum Gasteiger partial charge on any atom is 0.223 e. The molecule has 0 bridgehead atoms. The summed E-state index contributed by atoms with van der Waals surface area (Å²) in [6, 6.07) is 19.3. The number of morpholine rings is 1. The fourth-order valence-electron chi connectivity index (χ4n) is 3.81. The summed E-state index contributed by atoms with van der Waals surface area (Å²) < 4.78 is 19.1. The fraction of sp³-hybridized carbons (Fsp3) is 0.346. The van der Waals surface area contributed by atoms with E-state index in [1.807, 2.05) is 66.1 Å². The zero-order valence-corrected chi connectivity index (χ0v) is 18.5. The number of ether oxygens (including phenoxy) is 3. The molecule has 1 aliphatic rings. The van der Waals surface area contributed by atoms with Gasteiger partial charge in [-0.15, -0.1) is 0 Å². The molecule has 0 saturated carbocycles. The first-order valence-corrected chi connectivity index (χ1v) is 11.1. The summed E-state index contributed by atoms with van der Waals surface area (Å²) >= 11 is 0. The molecule has 0 atom stereocenters. The van der Waals surface area contributed by atoms with Crippen molar-refractivity contribution in [1.29, 1.82) is 0 Å². The molecule has 0 N–H and O–H groups in total. The number of nitrogens with zero attached hydrogens (tertiary/aromatic N) is 2. The topological polar surface area (TPSA) is 52.9 Å². The highest BCUT2D eigenvalue weighted by Gasteiger charge is 2.11. The van der Waals surface area contributed by atoms with Crippen molar-refractivity contribution in [2.75, 3.05) is 39.5 Å². The van der Waals surface area contributed by atoms with E-state index in [1.165, 1.54) is 0 Å². The first-order chi connectivity index (χ1) is 15.7. The van der Waals surface area contributed by atoms with Crippen molar-refractivity contribution in [2.24, 2.45) is 0 Å².